The maximum absolute atomic E-state index is 2.51. The molecule has 0 amide bonds. The molecule has 350 valence electrons. The highest BCUT2D eigenvalue weighted by Gasteiger charge is 2.48. The summed E-state index contributed by atoms with van der Waals surface area (Å²) in [5.41, 5.74) is 20.2. The molecule has 2 aliphatic rings. The van der Waals surface area contributed by atoms with Crippen LogP contribution in [0.3, 0.4) is 0 Å². The number of aromatic nitrogens is 2. The van der Waals surface area contributed by atoms with Gasteiger partial charge in [0.25, 0.3) is 0 Å². The topological polar surface area (TPSA) is 9.86 Å². The van der Waals surface area contributed by atoms with Crippen LogP contribution in [-0.4, -0.2) is 9.13 Å². The number of benzene rings is 12. The van der Waals surface area contributed by atoms with E-state index in [9.17, 15) is 0 Å². The SMILES string of the molecule is C(=C\c1ccc2c(c1)c1ccccc1n2-c1cccc2ccccc12)/c1ccc2c(c1)C1(CCc3cc4ccccc4cc31)c1cc(/C=C/c3ccc4c(c3)c3ccccc3n4-c3cccc4ccccc34)ccc1-2. The molecule has 0 bridgehead atoms. The van der Waals surface area contributed by atoms with Gasteiger partial charge in [-0.05, 0) is 157 Å². The average Bonchev–Trinajstić information content (AvgIpc) is 4.24. The van der Waals surface area contributed by atoms with Crippen molar-refractivity contribution in [3.63, 3.8) is 0 Å². The van der Waals surface area contributed by atoms with Crippen LogP contribution in [0, 0.1) is 0 Å². The lowest BCUT2D eigenvalue weighted by molar-refractivity contribution is 0.626. The molecule has 0 N–H and O–H groups in total. The van der Waals surface area contributed by atoms with Crippen LogP contribution in [0.1, 0.15) is 50.9 Å². The van der Waals surface area contributed by atoms with Crippen LogP contribution in [-0.2, 0) is 11.8 Å². The summed E-state index contributed by atoms with van der Waals surface area (Å²) in [6, 6.07) is 90.5. The normalized spacial score (nSPS) is 13.8. The number of nitrogens with zero attached hydrogens (tertiary/aromatic N) is 2. The number of aryl methyl sites for hydroxylation is 1. The number of hydrogen-bond donors (Lipinski definition) is 0. The zero-order chi connectivity index (χ0) is 49.2. The van der Waals surface area contributed by atoms with Gasteiger partial charge in [0.05, 0.1) is 33.4 Å². The molecule has 2 heterocycles. The van der Waals surface area contributed by atoms with Crippen LogP contribution in [0.5, 0.6) is 0 Å². The highest BCUT2D eigenvalue weighted by Crippen LogP contribution is 2.59. The largest absolute Gasteiger partial charge is 0.309 e. The molecule has 2 aliphatic carbocycles. The first-order chi connectivity index (χ1) is 37.1. The maximum atomic E-state index is 2.51. The van der Waals surface area contributed by atoms with E-state index in [0.29, 0.717) is 0 Å². The molecular weight excluding hydrogens is 905 g/mol. The van der Waals surface area contributed by atoms with Gasteiger partial charge in [-0.2, -0.15) is 0 Å². The molecule has 2 heteroatoms. The Hall–Kier alpha value is -9.50. The maximum Gasteiger partial charge on any atom is 0.0541 e. The lowest BCUT2D eigenvalue weighted by atomic mass is 9.72. The fraction of sp³-hybridized carbons (Fsp3) is 0.0411. The molecule has 0 aliphatic heterocycles. The van der Waals surface area contributed by atoms with Gasteiger partial charge in [0.1, 0.15) is 0 Å². The van der Waals surface area contributed by atoms with Crippen molar-refractivity contribution in [2.45, 2.75) is 18.3 Å². The Morgan fingerprint density at radius 3 is 1.21 bits per heavy atom. The second kappa shape index (κ2) is 16.3. The summed E-state index contributed by atoms with van der Waals surface area (Å²) < 4.78 is 4.88. The van der Waals surface area contributed by atoms with Crippen LogP contribution in [0.4, 0.5) is 0 Å². The van der Waals surface area contributed by atoms with Crippen LogP contribution >= 0.6 is 0 Å². The molecule has 0 radical (unpaired) electrons. The lowest BCUT2D eigenvalue weighted by Gasteiger charge is -2.29. The van der Waals surface area contributed by atoms with Crippen LogP contribution in [0.2, 0.25) is 0 Å². The second-order valence-corrected chi connectivity index (χ2v) is 20.8. The number of fused-ring (bicyclic) bond motifs is 16. The zero-order valence-corrected chi connectivity index (χ0v) is 41.2. The van der Waals surface area contributed by atoms with Gasteiger partial charge in [0.2, 0.25) is 0 Å². The summed E-state index contributed by atoms with van der Waals surface area (Å²) in [5, 5.41) is 12.6. The molecule has 2 aromatic heterocycles. The number of rotatable bonds is 6. The van der Waals surface area contributed by atoms with Crippen LogP contribution in [0.15, 0.2) is 243 Å². The van der Waals surface area contributed by atoms with E-state index in [1.54, 1.807) is 0 Å². The summed E-state index contributed by atoms with van der Waals surface area (Å²) in [5.74, 6) is 0. The van der Waals surface area contributed by atoms with Gasteiger partial charge in [-0.15, -0.1) is 0 Å². The van der Waals surface area contributed by atoms with Crippen molar-refractivity contribution < 1.29 is 0 Å². The summed E-state index contributed by atoms with van der Waals surface area (Å²) in [4.78, 5) is 0. The Morgan fingerprint density at radius 1 is 0.293 bits per heavy atom. The number of hydrogen-bond acceptors (Lipinski definition) is 0. The Labute approximate surface area is 435 Å². The molecule has 0 fully saturated rings. The molecular formula is C73H48N2. The van der Waals surface area contributed by atoms with E-state index >= 15 is 0 Å². The van der Waals surface area contributed by atoms with Crippen molar-refractivity contribution in [2.75, 3.05) is 0 Å². The van der Waals surface area contributed by atoms with E-state index in [4.69, 9.17) is 0 Å². The van der Waals surface area contributed by atoms with Gasteiger partial charge in [-0.3, -0.25) is 0 Å². The van der Waals surface area contributed by atoms with Crippen molar-refractivity contribution in [3.05, 3.63) is 287 Å². The third-order valence-corrected chi connectivity index (χ3v) is 16.8. The molecule has 12 aromatic carbocycles. The first kappa shape index (κ1) is 42.1. The first-order valence-electron chi connectivity index (χ1n) is 26.4. The first-order valence-corrected chi connectivity index (χ1v) is 26.4. The molecule has 75 heavy (non-hydrogen) atoms. The molecule has 0 saturated heterocycles. The summed E-state index contributed by atoms with van der Waals surface area (Å²) in [7, 11) is 0. The van der Waals surface area contributed by atoms with Crippen molar-refractivity contribution in [1.82, 2.24) is 9.13 Å². The highest BCUT2D eigenvalue weighted by atomic mass is 15.0. The van der Waals surface area contributed by atoms with Crippen LogP contribution < -0.4 is 0 Å². The smallest absolute Gasteiger partial charge is 0.0541 e. The number of para-hydroxylation sites is 2. The molecule has 1 spiro atoms. The Kier molecular flexibility index (Phi) is 9.11. The van der Waals surface area contributed by atoms with E-state index in [1.165, 1.54) is 143 Å². The second-order valence-electron chi connectivity index (χ2n) is 20.8. The van der Waals surface area contributed by atoms with E-state index < -0.39 is 0 Å². The van der Waals surface area contributed by atoms with E-state index in [1.807, 2.05) is 0 Å². The standard InChI is InChI=1S/C73H48N2/c1-2-16-54-46-64-55(45-53(54)15-1)39-40-73(64)65-43-49(29-27-47-33-37-71-62(41-47)60-21-7-9-23-69(60)74(71)67-25-11-17-51-13-3-5-19-56(51)67)31-35-58(65)59-36-32-50(44-66(59)73)30-28-48-34-38-72-63(42-48)61-22-8-10-24-70(61)75(72)68-26-12-18-52-14-4-6-20-57(52)68/h1-38,41-46H,39-40H2/b29-27+,30-28+. The van der Waals surface area contributed by atoms with Crippen LogP contribution in [0.25, 0.3) is 123 Å². The Morgan fingerprint density at radius 2 is 0.693 bits per heavy atom. The minimum atomic E-state index is -0.261. The summed E-state index contributed by atoms with van der Waals surface area (Å²) >= 11 is 0. The molecule has 16 rings (SSSR count). The van der Waals surface area contributed by atoms with Gasteiger partial charge < -0.3 is 9.13 Å². The van der Waals surface area contributed by atoms with Gasteiger partial charge in [0, 0.05) is 37.7 Å². The molecule has 0 unspecified atom stereocenters. The summed E-state index contributed by atoms with van der Waals surface area (Å²) in [6.07, 6.45) is 11.3. The third kappa shape index (κ3) is 6.33. The Balaban J connectivity index is 0.783. The van der Waals surface area contributed by atoms with Crippen molar-refractivity contribution in [2.24, 2.45) is 0 Å². The van der Waals surface area contributed by atoms with Crippen molar-refractivity contribution in [3.8, 4) is 22.5 Å². The predicted molar refractivity (Wildman–Crippen MR) is 318 cm³/mol. The molecule has 14 aromatic rings. The zero-order valence-electron chi connectivity index (χ0n) is 41.2. The van der Waals surface area contributed by atoms with Gasteiger partial charge in [-0.25, -0.2) is 0 Å². The molecule has 2 nitrogen and oxygen atoms in total. The van der Waals surface area contributed by atoms with E-state index in [2.05, 4.69) is 276 Å². The third-order valence-electron chi connectivity index (χ3n) is 16.8. The quantitative estimate of drug-likeness (QED) is 0.147. The predicted octanol–water partition coefficient (Wildman–Crippen LogP) is 18.9. The lowest BCUT2D eigenvalue weighted by Crippen LogP contribution is -2.23. The average molecular weight is 953 g/mol. The van der Waals surface area contributed by atoms with Crippen molar-refractivity contribution >= 4 is 100 Å². The highest BCUT2D eigenvalue weighted by molar-refractivity contribution is 6.13. The minimum Gasteiger partial charge on any atom is -0.309 e. The fourth-order valence-corrected chi connectivity index (χ4v) is 13.5. The minimum absolute atomic E-state index is 0.261. The summed E-state index contributed by atoms with van der Waals surface area (Å²) in [6.45, 7) is 0. The van der Waals surface area contributed by atoms with E-state index in [0.717, 1.165) is 12.8 Å². The monoisotopic (exact) mass is 952 g/mol. The Bertz CT molecular complexity index is 4520. The molecule has 0 atom stereocenters. The van der Waals surface area contributed by atoms with Gasteiger partial charge in [-0.1, -0.05) is 200 Å². The molecule has 0 saturated carbocycles. The van der Waals surface area contributed by atoms with Crippen molar-refractivity contribution in [1.29, 1.82) is 0 Å². The van der Waals surface area contributed by atoms with Gasteiger partial charge >= 0.3 is 0 Å². The van der Waals surface area contributed by atoms with Gasteiger partial charge in [0.15, 0.2) is 0 Å². The fourth-order valence-electron chi connectivity index (χ4n) is 13.5. The van der Waals surface area contributed by atoms with E-state index in [-0.39, 0.29) is 5.41 Å².